The van der Waals surface area contributed by atoms with Crippen molar-refractivity contribution in [1.82, 2.24) is 0 Å². The first kappa shape index (κ1) is 12.9. The predicted molar refractivity (Wildman–Crippen MR) is 64.8 cm³/mol. The van der Waals surface area contributed by atoms with E-state index in [4.69, 9.17) is 5.41 Å². The average Bonchev–Trinajstić information content (AvgIpc) is 1.81. The maximum atomic E-state index is 7.11. The molecule has 0 fully saturated rings. The number of hydrogen-bond donors (Lipinski definition) is 1. The molecule has 0 aromatic heterocycles. The molecule has 0 spiro atoms. The molecule has 0 atom stereocenters. The van der Waals surface area contributed by atoms with Gasteiger partial charge in [-0.1, -0.05) is 41.5 Å². The molecule has 2 heteroatoms. The summed E-state index contributed by atoms with van der Waals surface area (Å²) in [6.45, 7) is 14.0. The topological polar surface area (TPSA) is 23.9 Å². The largest absolute Gasteiger partial charge is 0.313 e. The van der Waals surface area contributed by atoms with Crippen LogP contribution in [0.1, 0.15) is 41.5 Å². The van der Waals surface area contributed by atoms with E-state index in [0.29, 0.717) is 10.8 Å². The quantitative estimate of drug-likeness (QED) is 0.533. The number of hydrogen-bond acceptors (Lipinski definition) is 1. The summed E-state index contributed by atoms with van der Waals surface area (Å²) in [4.78, 5) is 0. The van der Waals surface area contributed by atoms with E-state index in [1.807, 2.05) is 0 Å². The highest BCUT2D eigenvalue weighted by atomic mass is 28.2. The first-order valence-corrected chi connectivity index (χ1v) is 7.00. The van der Waals surface area contributed by atoms with Crippen molar-refractivity contribution < 1.29 is 0 Å². The van der Waals surface area contributed by atoms with Crippen LogP contribution in [-0.4, -0.2) is 15.7 Å². The van der Waals surface area contributed by atoms with Crippen LogP contribution in [0.2, 0.25) is 11.6 Å². The molecule has 1 N–H and O–H groups in total. The first-order chi connectivity index (χ1) is 5.69. The molecule has 0 rings (SSSR count). The Hall–Kier alpha value is -0.113. The molecule has 0 unspecified atom stereocenters. The van der Waals surface area contributed by atoms with Gasteiger partial charge in [-0.25, -0.2) is 0 Å². The summed E-state index contributed by atoms with van der Waals surface area (Å²) in [7, 11) is -0.126. The van der Waals surface area contributed by atoms with Crippen LogP contribution >= 0.6 is 0 Å². The van der Waals surface area contributed by atoms with Gasteiger partial charge >= 0.3 is 0 Å². The zero-order chi connectivity index (χ0) is 10.7. The molecule has 78 valence electrons. The van der Waals surface area contributed by atoms with Crippen molar-refractivity contribution in [2.45, 2.75) is 53.1 Å². The predicted octanol–water partition coefficient (Wildman–Crippen LogP) is 3.10. The second-order valence-electron chi connectivity index (χ2n) is 6.07. The maximum Gasteiger partial charge on any atom is 0.0305 e. The van der Waals surface area contributed by atoms with E-state index in [1.165, 1.54) is 0 Å². The Kier molecular flexibility index (Phi) is 4.37. The van der Waals surface area contributed by atoms with Crippen LogP contribution in [0.5, 0.6) is 0 Å². The van der Waals surface area contributed by atoms with E-state index < -0.39 is 0 Å². The summed E-state index contributed by atoms with van der Waals surface area (Å²) < 4.78 is 0. The van der Waals surface area contributed by atoms with Gasteiger partial charge in [-0.2, -0.15) is 0 Å². The van der Waals surface area contributed by atoms with Crippen LogP contribution in [0.15, 0.2) is 0 Å². The molecule has 0 heterocycles. The van der Waals surface area contributed by atoms with Crippen molar-refractivity contribution in [3.05, 3.63) is 0 Å². The summed E-state index contributed by atoms with van der Waals surface area (Å²) >= 11 is 0. The molecular weight excluding hydrogens is 174 g/mol. The van der Waals surface area contributed by atoms with E-state index in [-0.39, 0.29) is 9.52 Å². The van der Waals surface area contributed by atoms with Crippen molar-refractivity contribution in [3.63, 3.8) is 0 Å². The van der Waals surface area contributed by atoms with Gasteiger partial charge in [0.1, 0.15) is 0 Å². The van der Waals surface area contributed by atoms with Crippen LogP contribution in [0.25, 0.3) is 0 Å². The average molecular weight is 199 g/mol. The molecule has 1 nitrogen and oxygen atoms in total. The Morgan fingerprint density at radius 3 is 1.69 bits per heavy atom. The lowest BCUT2D eigenvalue weighted by Crippen LogP contribution is -2.31. The van der Waals surface area contributed by atoms with Gasteiger partial charge in [0.25, 0.3) is 0 Å². The van der Waals surface area contributed by atoms with Gasteiger partial charge in [0, 0.05) is 9.52 Å². The molecule has 0 saturated heterocycles. The molecule has 0 bridgehead atoms. The molecular formula is C11H25NSi. The van der Waals surface area contributed by atoms with Gasteiger partial charge in [0.2, 0.25) is 0 Å². The van der Waals surface area contributed by atoms with Gasteiger partial charge in [0.15, 0.2) is 0 Å². The van der Waals surface area contributed by atoms with Gasteiger partial charge < -0.3 is 5.41 Å². The zero-order valence-corrected chi connectivity index (χ0v) is 11.5. The molecule has 0 amide bonds. The third-order valence-electron chi connectivity index (χ3n) is 2.69. The molecule has 0 aliphatic rings. The highest BCUT2D eigenvalue weighted by molar-refractivity contribution is 6.42. The monoisotopic (exact) mass is 199 g/mol. The Morgan fingerprint density at radius 1 is 1.08 bits per heavy atom. The lowest BCUT2D eigenvalue weighted by Gasteiger charge is -2.40. The minimum atomic E-state index is -0.126. The van der Waals surface area contributed by atoms with Crippen LogP contribution in [0, 0.1) is 16.2 Å². The van der Waals surface area contributed by atoms with Crippen LogP contribution in [-0.2, 0) is 0 Å². The Bertz CT molecular complexity index is 148. The van der Waals surface area contributed by atoms with E-state index in [2.05, 4.69) is 41.5 Å². The fourth-order valence-electron chi connectivity index (χ4n) is 2.42. The van der Waals surface area contributed by atoms with Crippen LogP contribution in [0.3, 0.4) is 0 Å². The van der Waals surface area contributed by atoms with Gasteiger partial charge in [-0.15, -0.1) is 0 Å². The Balaban J connectivity index is 4.47. The van der Waals surface area contributed by atoms with Gasteiger partial charge in [-0.3, -0.25) is 0 Å². The van der Waals surface area contributed by atoms with E-state index in [9.17, 15) is 0 Å². The van der Waals surface area contributed by atoms with Crippen molar-refractivity contribution in [3.8, 4) is 0 Å². The van der Waals surface area contributed by atoms with Gasteiger partial charge in [0.05, 0.1) is 0 Å². The maximum absolute atomic E-state index is 7.11. The fourth-order valence-corrected chi connectivity index (χ4v) is 4.65. The van der Waals surface area contributed by atoms with Crippen molar-refractivity contribution >= 4 is 15.7 Å². The van der Waals surface area contributed by atoms with Crippen molar-refractivity contribution in [2.75, 3.05) is 0 Å². The molecule has 13 heavy (non-hydrogen) atoms. The first-order valence-electron chi connectivity index (χ1n) is 5.18. The minimum Gasteiger partial charge on any atom is -0.313 e. The molecule has 0 aliphatic heterocycles. The highest BCUT2D eigenvalue weighted by Crippen LogP contribution is 2.44. The third kappa shape index (κ3) is 4.60. The smallest absolute Gasteiger partial charge is 0.0305 e. The normalized spacial score (nSPS) is 14.4. The summed E-state index contributed by atoms with van der Waals surface area (Å²) in [5, 5.41) is 7.11. The molecule has 0 aromatic carbocycles. The molecule has 0 saturated carbocycles. The van der Waals surface area contributed by atoms with Crippen LogP contribution < -0.4 is 0 Å². The fraction of sp³-hybridized carbons (Fsp3) is 0.909. The standard InChI is InChI=1S/C11H25NSi/c1-10(2,3)9(11(4,5)6)13-8-7-12/h7,9,12H,8,13H2,1-6H3. The van der Waals surface area contributed by atoms with Crippen molar-refractivity contribution in [2.24, 2.45) is 10.8 Å². The van der Waals surface area contributed by atoms with E-state index >= 15 is 0 Å². The Morgan fingerprint density at radius 2 is 1.46 bits per heavy atom. The number of nitrogens with one attached hydrogen (secondary N) is 1. The summed E-state index contributed by atoms with van der Waals surface area (Å²) in [5.74, 6) is 0. The van der Waals surface area contributed by atoms with E-state index in [1.54, 1.807) is 6.21 Å². The summed E-state index contributed by atoms with van der Waals surface area (Å²) in [6.07, 6.45) is 1.59. The van der Waals surface area contributed by atoms with Crippen LogP contribution in [0.4, 0.5) is 0 Å². The number of rotatable bonds is 3. The second kappa shape index (κ2) is 4.40. The molecule has 0 aromatic rings. The zero-order valence-electron chi connectivity index (χ0n) is 10.1. The van der Waals surface area contributed by atoms with Gasteiger partial charge in [-0.05, 0) is 28.6 Å². The highest BCUT2D eigenvalue weighted by Gasteiger charge is 2.33. The second-order valence-corrected chi connectivity index (χ2v) is 8.04. The van der Waals surface area contributed by atoms with E-state index in [0.717, 1.165) is 11.6 Å². The summed E-state index contributed by atoms with van der Waals surface area (Å²) in [6, 6.07) is 1.05. The summed E-state index contributed by atoms with van der Waals surface area (Å²) in [5.41, 5.74) is 1.64. The SMILES string of the molecule is CC(C)(C)C([SiH2]CC=N)C(C)(C)C. The molecule has 0 radical (unpaired) electrons. The third-order valence-corrected chi connectivity index (χ3v) is 6.34. The molecule has 0 aliphatic carbocycles. The minimum absolute atomic E-state index is 0.126. The Labute approximate surface area is 85.6 Å². The lowest BCUT2D eigenvalue weighted by molar-refractivity contribution is 0.232. The lowest BCUT2D eigenvalue weighted by atomic mass is 9.77. The van der Waals surface area contributed by atoms with Crippen molar-refractivity contribution in [1.29, 1.82) is 5.41 Å².